The van der Waals surface area contributed by atoms with Crippen molar-refractivity contribution in [2.45, 2.75) is 31.8 Å². The van der Waals surface area contributed by atoms with E-state index < -0.39 is 5.97 Å². The summed E-state index contributed by atoms with van der Waals surface area (Å²) in [4.78, 5) is 27.9. The maximum absolute atomic E-state index is 12.8. The van der Waals surface area contributed by atoms with E-state index in [2.05, 4.69) is 15.2 Å². The van der Waals surface area contributed by atoms with Crippen LogP contribution in [0.15, 0.2) is 30.5 Å². The van der Waals surface area contributed by atoms with Crippen LogP contribution in [0, 0.1) is 0 Å². The molecular weight excluding hydrogens is 370 g/mol. The molecule has 144 valence electrons. The van der Waals surface area contributed by atoms with E-state index in [0.717, 1.165) is 43.7 Å². The minimum atomic E-state index is -1.09. The second-order valence-corrected chi connectivity index (χ2v) is 6.81. The summed E-state index contributed by atoms with van der Waals surface area (Å²) >= 11 is 0. The topological polar surface area (TPSA) is 91.6 Å². The predicted molar refractivity (Wildman–Crippen MR) is 101 cm³/mol. The van der Waals surface area contributed by atoms with Crippen LogP contribution < -0.4 is 4.90 Å². The fraction of sp³-hybridized carbons (Fsp3) is 0.444. The Hall–Kier alpha value is -2.45. The van der Waals surface area contributed by atoms with Gasteiger partial charge in [0.25, 0.3) is 0 Å². The Kier molecular flexibility index (Phi) is 5.76. The van der Waals surface area contributed by atoms with Crippen molar-refractivity contribution in [3.05, 3.63) is 41.7 Å². The molecule has 9 heteroatoms. The Morgan fingerprint density at radius 1 is 1.15 bits per heavy atom. The van der Waals surface area contributed by atoms with Crippen LogP contribution in [0.5, 0.6) is 0 Å². The number of carboxylic acids is 1. The fourth-order valence-electron chi connectivity index (χ4n) is 3.76. The van der Waals surface area contributed by atoms with Crippen LogP contribution in [0.4, 0.5) is 5.69 Å². The summed E-state index contributed by atoms with van der Waals surface area (Å²) in [7, 11) is 0. The molecule has 0 saturated carbocycles. The molecule has 0 bridgehead atoms. The van der Waals surface area contributed by atoms with E-state index in [4.69, 9.17) is 5.11 Å². The Balaban J connectivity index is 0.00000210. The number of piperazine rings is 1. The zero-order chi connectivity index (χ0) is 18.1. The van der Waals surface area contributed by atoms with Gasteiger partial charge in [-0.2, -0.15) is 0 Å². The van der Waals surface area contributed by atoms with Crippen LogP contribution in [0.25, 0.3) is 0 Å². The maximum atomic E-state index is 12.8. The zero-order valence-corrected chi connectivity index (χ0v) is 15.6. The van der Waals surface area contributed by atoms with Gasteiger partial charge in [0.15, 0.2) is 5.69 Å². The fourth-order valence-corrected chi connectivity index (χ4v) is 3.76. The first-order chi connectivity index (χ1) is 12.6. The number of aromatic nitrogens is 3. The number of carbonyl (C=O) groups is 2. The molecule has 1 aromatic heterocycles. The molecule has 1 amide bonds. The van der Waals surface area contributed by atoms with Gasteiger partial charge in [-0.25, -0.2) is 9.48 Å². The average molecular weight is 392 g/mol. The van der Waals surface area contributed by atoms with Crippen LogP contribution in [0.2, 0.25) is 0 Å². The number of carboxylic acid groups (broad SMARTS) is 1. The summed E-state index contributed by atoms with van der Waals surface area (Å²) in [5.74, 6) is -0.891. The van der Waals surface area contributed by atoms with Gasteiger partial charge >= 0.3 is 5.97 Å². The molecule has 0 spiro atoms. The molecular formula is C18H22ClN5O3. The van der Waals surface area contributed by atoms with Crippen molar-refractivity contribution in [3.8, 4) is 0 Å². The first kappa shape index (κ1) is 19.3. The highest BCUT2D eigenvalue weighted by Crippen LogP contribution is 2.26. The van der Waals surface area contributed by atoms with Crippen LogP contribution in [-0.4, -0.2) is 62.6 Å². The Labute approximate surface area is 163 Å². The number of rotatable bonds is 4. The molecule has 2 aliphatic heterocycles. The van der Waals surface area contributed by atoms with Crippen molar-refractivity contribution in [3.63, 3.8) is 0 Å². The van der Waals surface area contributed by atoms with Gasteiger partial charge < -0.3 is 10.0 Å². The van der Waals surface area contributed by atoms with E-state index in [9.17, 15) is 9.59 Å². The monoisotopic (exact) mass is 391 g/mol. The van der Waals surface area contributed by atoms with E-state index in [1.165, 1.54) is 17.3 Å². The minimum absolute atomic E-state index is 0. The van der Waals surface area contributed by atoms with Gasteiger partial charge in [0, 0.05) is 18.8 Å². The molecule has 8 nitrogen and oxygen atoms in total. The smallest absolute Gasteiger partial charge is 0.358 e. The number of carbonyl (C=O) groups excluding carboxylic acids is 1. The van der Waals surface area contributed by atoms with Crippen molar-refractivity contribution < 1.29 is 14.7 Å². The van der Waals surface area contributed by atoms with Gasteiger partial charge in [-0.15, -0.1) is 17.5 Å². The number of halogens is 1. The molecule has 27 heavy (non-hydrogen) atoms. The van der Waals surface area contributed by atoms with Crippen molar-refractivity contribution in [2.75, 3.05) is 24.5 Å². The summed E-state index contributed by atoms with van der Waals surface area (Å²) < 4.78 is 1.49. The molecule has 1 aromatic carbocycles. The van der Waals surface area contributed by atoms with Gasteiger partial charge in [0.05, 0.1) is 18.8 Å². The maximum Gasteiger partial charge on any atom is 0.358 e. The van der Waals surface area contributed by atoms with Gasteiger partial charge in [0.1, 0.15) is 0 Å². The predicted octanol–water partition coefficient (Wildman–Crippen LogP) is 1.65. The Morgan fingerprint density at radius 2 is 1.93 bits per heavy atom. The lowest BCUT2D eigenvalue weighted by Crippen LogP contribution is -2.58. The molecule has 0 aliphatic carbocycles. The van der Waals surface area contributed by atoms with Crippen molar-refractivity contribution >= 4 is 30.0 Å². The van der Waals surface area contributed by atoms with Crippen molar-refractivity contribution in [1.29, 1.82) is 0 Å². The second kappa shape index (κ2) is 8.06. The molecule has 4 rings (SSSR count). The third-order valence-electron chi connectivity index (χ3n) is 5.13. The highest BCUT2D eigenvalue weighted by atomic mass is 35.5. The molecule has 2 aromatic rings. The van der Waals surface area contributed by atoms with E-state index >= 15 is 0 Å². The van der Waals surface area contributed by atoms with Crippen LogP contribution in [0.3, 0.4) is 0 Å². The zero-order valence-electron chi connectivity index (χ0n) is 14.8. The normalized spacial score (nSPS) is 20.1. The van der Waals surface area contributed by atoms with E-state index in [1.807, 2.05) is 29.2 Å². The number of fused-ring (bicyclic) bond motifs is 1. The van der Waals surface area contributed by atoms with Crippen molar-refractivity contribution in [2.24, 2.45) is 0 Å². The number of anilines is 1. The minimum Gasteiger partial charge on any atom is -0.476 e. The van der Waals surface area contributed by atoms with E-state index in [-0.39, 0.29) is 30.0 Å². The summed E-state index contributed by atoms with van der Waals surface area (Å²) in [6.45, 7) is 3.11. The SMILES string of the molecule is Cl.O=C(O)c1cn(Cc2ccc(N3CCN4CCCCC4C3=O)cc2)nn1. The largest absolute Gasteiger partial charge is 0.476 e. The summed E-state index contributed by atoms with van der Waals surface area (Å²) in [5.41, 5.74) is 1.81. The first-order valence-electron chi connectivity index (χ1n) is 8.89. The third kappa shape index (κ3) is 3.96. The Morgan fingerprint density at radius 3 is 2.63 bits per heavy atom. The highest BCUT2D eigenvalue weighted by molar-refractivity contribution is 5.98. The molecule has 2 fully saturated rings. The van der Waals surface area contributed by atoms with Crippen LogP contribution >= 0.6 is 12.4 Å². The quantitative estimate of drug-likeness (QED) is 0.852. The molecule has 3 heterocycles. The average Bonchev–Trinajstić information content (AvgIpc) is 3.12. The summed E-state index contributed by atoms with van der Waals surface area (Å²) in [6.07, 6.45) is 4.66. The van der Waals surface area contributed by atoms with Crippen molar-refractivity contribution in [1.82, 2.24) is 19.9 Å². The second-order valence-electron chi connectivity index (χ2n) is 6.81. The van der Waals surface area contributed by atoms with Gasteiger partial charge in [-0.3, -0.25) is 9.69 Å². The molecule has 2 aliphatic rings. The summed E-state index contributed by atoms with van der Waals surface area (Å²) in [6, 6.07) is 7.80. The highest BCUT2D eigenvalue weighted by Gasteiger charge is 2.36. The number of hydrogen-bond donors (Lipinski definition) is 1. The van der Waals surface area contributed by atoms with Gasteiger partial charge in [-0.05, 0) is 37.1 Å². The van der Waals surface area contributed by atoms with Crippen LogP contribution in [0.1, 0.15) is 35.3 Å². The molecule has 1 N–H and O–H groups in total. The number of hydrogen-bond acceptors (Lipinski definition) is 5. The lowest BCUT2D eigenvalue weighted by atomic mass is 9.98. The van der Waals surface area contributed by atoms with E-state index in [0.29, 0.717) is 6.54 Å². The van der Waals surface area contributed by atoms with Gasteiger partial charge in [0.2, 0.25) is 5.91 Å². The number of piperidine rings is 1. The molecule has 1 atom stereocenters. The van der Waals surface area contributed by atoms with E-state index in [1.54, 1.807) is 0 Å². The number of aromatic carboxylic acids is 1. The molecule has 0 radical (unpaired) electrons. The number of nitrogens with zero attached hydrogens (tertiary/aromatic N) is 5. The van der Waals surface area contributed by atoms with Crippen LogP contribution in [-0.2, 0) is 11.3 Å². The first-order valence-corrected chi connectivity index (χ1v) is 8.89. The standard InChI is InChI=1S/C18H21N5O3.ClH/c24-17-16-3-1-2-8-21(16)9-10-23(17)14-6-4-13(5-7-14)11-22-12-15(18(25)26)19-20-22;/h4-7,12,16H,1-3,8-11H2,(H,25,26);1H. The number of amides is 1. The third-order valence-corrected chi connectivity index (χ3v) is 5.13. The molecule has 1 unspecified atom stereocenters. The lowest BCUT2D eigenvalue weighted by Gasteiger charge is -2.43. The van der Waals surface area contributed by atoms with Gasteiger partial charge in [-0.1, -0.05) is 23.8 Å². The Bertz CT molecular complexity index is 823. The lowest BCUT2D eigenvalue weighted by molar-refractivity contribution is -0.127. The molecule has 2 saturated heterocycles. The summed E-state index contributed by atoms with van der Waals surface area (Å²) in [5, 5.41) is 16.3. The number of benzene rings is 1.